The van der Waals surface area contributed by atoms with E-state index in [1.54, 1.807) is 19.1 Å². The van der Waals surface area contributed by atoms with Gasteiger partial charge in [-0.2, -0.15) is 0 Å². The fourth-order valence-electron chi connectivity index (χ4n) is 2.05. The van der Waals surface area contributed by atoms with Crippen LogP contribution in [0.5, 0.6) is 5.75 Å². The number of benzene rings is 2. The van der Waals surface area contributed by atoms with Gasteiger partial charge in [0.05, 0.1) is 11.1 Å². The summed E-state index contributed by atoms with van der Waals surface area (Å²) in [6.07, 6.45) is -0.618. The Bertz CT molecular complexity index is 640. The number of para-hydroxylation sites is 1. The summed E-state index contributed by atoms with van der Waals surface area (Å²) in [4.78, 5) is 12.2. The normalized spacial score (nSPS) is 13.3. The monoisotopic (exact) mass is 317 g/mol. The second-order valence-electron chi connectivity index (χ2n) is 5.33. The highest BCUT2D eigenvalue weighted by molar-refractivity contribution is 6.32. The molecule has 0 aliphatic carbocycles. The van der Waals surface area contributed by atoms with E-state index in [2.05, 4.69) is 5.32 Å². The number of hydrogen-bond donors (Lipinski definition) is 1. The van der Waals surface area contributed by atoms with Crippen molar-refractivity contribution in [3.63, 3.8) is 0 Å². The lowest BCUT2D eigenvalue weighted by atomic mass is 10.1. The van der Waals surface area contributed by atoms with Crippen LogP contribution in [0.1, 0.15) is 31.0 Å². The summed E-state index contributed by atoms with van der Waals surface area (Å²) in [7, 11) is 0. The molecule has 0 aliphatic rings. The molecule has 0 heterocycles. The lowest BCUT2D eigenvalue weighted by Crippen LogP contribution is -2.37. The van der Waals surface area contributed by atoms with Gasteiger partial charge in [-0.25, -0.2) is 0 Å². The van der Waals surface area contributed by atoms with Crippen LogP contribution in [0.3, 0.4) is 0 Å². The first-order valence-corrected chi connectivity index (χ1v) is 7.63. The quantitative estimate of drug-likeness (QED) is 0.893. The van der Waals surface area contributed by atoms with Crippen LogP contribution in [0.4, 0.5) is 0 Å². The number of carbonyl (C=O) groups is 1. The molecule has 0 saturated carbocycles. The molecule has 2 aromatic carbocycles. The van der Waals surface area contributed by atoms with Gasteiger partial charge in [0.25, 0.3) is 5.91 Å². The van der Waals surface area contributed by atoms with Crippen LogP contribution in [0, 0.1) is 6.92 Å². The molecule has 2 rings (SSSR count). The van der Waals surface area contributed by atoms with E-state index in [0.29, 0.717) is 10.8 Å². The molecule has 3 nitrogen and oxygen atoms in total. The molecule has 4 heteroatoms. The molecule has 22 heavy (non-hydrogen) atoms. The van der Waals surface area contributed by atoms with Gasteiger partial charge in [0.2, 0.25) is 0 Å². The van der Waals surface area contributed by atoms with Crippen molar-refractivity contribution >= 4 is 17.5 Å². The summed E-state index contributed by atoms with van der Waals surface area (Å²) in [5.41, 5.74) is 2.25. The molecule has 2 atom stereocenters. The maximum Gasteiger partial charge on any atom is 0.261 e. The number of halogens is 1. The van der Waals surface area contributed by atoms with Gasteiger partial charge in [0.15, 0.2) is 6.10 Å². The summed E-state index contributed by atoms with van der Waals surface area (Å²) in [5, 5.41) is 3.44. The van der Waals surface area contributed by atoms with E-state index in [1.165, 1.54) is 5.56 Å². The summed E-state index contributed by atoms with van der Waals surface area (Å²) >= 11 is 6.03. The molecular weight excluding hydrogens is 298 g/mol. The van der Waals surface area contributed by atoms with Gasteiger partial charge in [-0.1, -0.05) is 53.6 Å². The first-order chi connectivity index (χ1) is 10.5. The van der Waals surface area contributed by atoms with Gasteiger partial charge in [0.1, 0.15) is 5.75 Å². The lowest BCUT2D eigenvalue weighted by molar-refractivity contribution is -0.127. The van der Waals surface area contributed by atoms with Crippen molar-refractivity contribution in [3.8, 4) is 5.75 Å². The van der Waals surface area contributed by atoms with Gasteiger partial charge in [0, 0.05) is 0 Å². The van der Waals surface area contributed by atoms with Crippen LogP contribution in [0.25, 0.3) is 0 Å². The Kier molecular flexibility index (Phi) is 5.45. The molecule has 0 unspecified atom stereocenters. The number of carbonyl (C=O) groups excluding carboxylic acids is 1. The predicted octanol–water partition coefficient (Wildman–Crippen LogP) is 4.29. The lowest BCUT2D eigenvalue weighted by Gasteiger charge is -2.19. The SMILES string of the molecule is Cc1ccc([C@@H](C)NC(=O)[C@@H](C)Oc2ccccc2Cl)cc1. The van der Waals surface area contributed by atoms with Crippen LogP contribution in [0.2, 0.25) is 5.02 Å². The smallest absolute Gasteiger partial charge is 0.261 e. The molecule has 1 amide bonds. The van der Waals surface area contributed by atoms with Crippen molar-refractivity contribution in [2.75, 3.05) is 0 Å². The number of nitrogens with one attached hydrogen (secondary N) is 1. The van der Waals surface area contributed by atoms with Crippen LogP contribution < -0.4 is 10.1 Å². The van der Waals surface area contributed by atoms with Crippen LogP contribution in [-0.2, 0) is 4.79 Å². The second kappa shape index (κ2) is 7.32. The van der Waals surface area contributed by atoms with E-state index < -0.39 is 6.10 Å². The Balaban J connectivity index is 1.96. The molecule has 0 aromatic heterocycles. The number of amides is 1. The standard InChI is InChI=1S/C18H20ClNO2/c1-12-8-10-15(11-9-12)13(2)20-18(21)14(3)22-17-7-5-4-6-16(17)19/h4-11,13-14H,1-3H3,(H,20,21)/t13-,14-/m1/s1. The summed E-state index contributed by atoms with van der Waals surface area (Å²) < 4.78 is 5.62. The van der Waals surface area contributed by atoms with Crippen molar-refractivity contribution in [1.29, 1.82) is 0 Å². The van der Waals surface area contributed by atoms with Crippen molar-refractivity contribution in [2.45, 2.75) is 32.9 Å². The third-order valence-corrected chi connectivity index (χ3v) is 3.76. The first kappa shape index (κ1) is 16.4. The van der Waals surface area contributed by atoms with Gasteiger partial charge in [-0.3, -0.25) is 4.79 Å². The maximum absolute atomic E-state index is 12.2. The molecule has 0 fully saturated rings. The Morgan fingerprint density at radius 3 is 2.36 bits per heavy atom. The zero-order valence-electron chi connectivity index (χ0n) is 13.0. The first-order valence-electron chi connectivity index (χ1n) is 7.25. The fraction of sp³-hybridized carbons (Fsp3) is 0.278. The van der Waals surface area contributed by atoms with E-state index in [1.807, 2.05) is 50.2 Å². The van der Waals surface area contributed by atoms with Crippen LogP contribution in [-0.4, -0.2) is 12.0 Å². The van der Waals surface area contributed by atoms with Gasteiger partial charge < -0.3 is 10.1 Å². The summed E-state index contributed by atoms with van der Waals surface area (Å²) in [5.74, 6) is 0.336. The number of aryl methyl sites for hydroxylation is 1. The minimum atomic E-state index is -0.618. The molecule has 0 spiro atoms. The summed E-state index contributed by atoms with van der Waals surface area (Å²) in [6, 6.07) is 15.1. The molecule has 0 bridgehead atoms. The Morgan fingerprint density at radius 1 is 1.09 bits per heavy atom. The minimum absolute atomic E-state index is 0.0783. The van der Waals surface area contributed by atoms with Gasteiger partial charge in [-0.05, 0) is 38.5 Å². The zero-order chi connectivity index (χ0) is 16.1. The Morgan fingerprint density at radius 2 is 1.73 bits per heavy atom. The van der Waals surface area contributed by atoms with E-state index in [0.717, 1.165) is 5.56 Å². The van der Waals surface area contributed by atoms with E-state index >= 15 is 0 Å². The molecule has 116 valence electrons. The van der Waals surface area contributed by atoms with E-state index in [4.69, 9.17) is 16.3 Å². The number of hydrogen-bond acceptors (Lipinski definition) is 2. The van der Waals surface area contributed by atoms with E-state index in [-0.39, 0.29) is 11.9 Å². The average molecular weight is 318 g/mol. The highest BCUT2D eigenvalue weighted by Crippen LogP contribution is 2.24. The van der Waals surface area contributed by atoms with Crippen molar-refractivity contribution in [2.24, 2.45) is 0 Å². The molecule has 0 radical (unpaired) electrons. The third-order valence-electron chi connectivity index (χ3n) is 3.45. The topological polar surface area (TPSA) is 38.3 Å². The van der Waals surface area contributed by atoms with Gasteiger partial charge in [-0.15, -0.1) is 0 Å². The highest BCUT2D eigenvalue weighted by atomic mass is 35.5. The fourth-order valence-corrected chi connectivity index (χ4v) is 2.23. The van der Waals surface area contributed by atoms with E-state index in [9.17, 15) is 4.79 Å². The minimum Gasteiger partial charge on any atom is -0.479 e. The largest absolute Gasteiger partial charge is 0.479 e. The van der Waals surface area contributed by atoms with Crippen LogP contribution in [0.15, 0.2) is 48.5 Å². The van der Waals surface area contributed by atoms with Crippen LogP contribution >= 0.6 is 11.6 Å². The summed E-state index contributed by atoms with van der Waals surface area (Å²) in [6.45, 7) is 5.69. The predicted molar refractivity (Wildman–Crippen MR) is 89.3 cm³/mol. The Labute approximate surface area is 136 Å². The molecule has 2 aromatic rings. The third kappa shape index (κ3) is 4.25. The molecule has 1 N–H and O–H groups in total. The van der Waals surface area contributed by atoms with Crippen molar-refractivity contribution in [3.05, 3.63) is 64.7 Å². The Hall–Kier alpha value is -2.00. The average Bonchev–Trinajstić information content (AvgIpc) is 2.50. The zero-order valence-corrected chi connectivity index (χ0v) is 13.7. The van der Waals surface area contributed by atoms with Crippen molar-refractivity contribution < 1.29 is 9.53 Å². The van der Waals surface area contributed by atoms with Crippen molar-refractivity contribution in [1.82, 2.24) is 5.32 Å². The second-order valence-corrected chi connectivity index (χ2v) is 5.74. The molecular formula is C18H20ClNO2. The molecule has 0 aliphatic heterocycles. The maximum atomic E-state index is 12.2. The molecule has 0 saturated heterocycles. The number of ether oxygens (including phenoxy) is 1. The van der Waals surface area contributed by atoms with Gasteiger partial charge >= 0.3 is 0 Å². The number of rotatable bonds is 5. The highest BCUT2D eigenvalue weighted by Gasteiger charge is 2.18.